The van der Waals surface area contributed by atoms with E-state index < -0.39 is 0 Å². The standard InChI is InChI=1S/C9H19NO/c1-9(5-3-7-10-9)6-4-8-11-2/h10H,3-8H2,1-2H3. The fraction of sp³-hybridized carbons (Fsp3) is 1.00. The molecule has 0 bridgehead atoms. The second-order valence-electron chi connectivity index (χ2n) is 3.69. The zero-order valence-electron chi connectivity index (χ0n) is 7.65. The monoisotopic (exact) mass is 157 g/mol. The molecule has 11 heavy (non-hydrogen) atoms. The summed E-state index contributed by atoms with van der Waals surface area (Å²) in [5.41, 5.74) is 0.415. The lowest BCUT2D eigenvalue weighted by molar-refractivity contribution is 0.182. The van der Waals surface area contributed by atoms with Crippen molar-refractivity contribution in [3.63, 3.8) is 0 Å². The summed E-state index contributed by atoms with van der Waals surface area (Å²) in [4.78, 5) is 0. The van der Waals surface area contributed by atoms with Crippen LogP contribution in [0.2, 0.25) is 0 Å². The minimum atomic E-state index is 0.415. The van der Waals surface area contributed by atoms with Gasteiger partial charge in [0.25, 0.3) is 0 Å². The van der Waals surface area contributed by atoms with Gasteiger partial charge in [0.05, 0.1) is 0 Å². The van der Waals surface area contributed by atoms with Crippen molar-refractivity contribution in [2.45, 2.75) is 38.1 Å². The van der Waals surface area contributed by atoms with Crippen molar-refractivity contribution in [2.24, 2.45) is 0 Å². The summed E-state index contributed by atoms with van der Waals surface area (Å²) in [6.07, 6.45) is 5.10. The SMILES string of the molecule is COCCCC1(C)CCCN1. The van der Waals surface area contributed by atoms with Crippen molar-refractivity contribution in [3.8, 4) is 0 Å². The van der Waals surface area contributed by atoms with Crippen molar-refractivity contribution in [1.29, 1.82) is 0 Å². The molecule has 1 atom stereocenters. The van der Waals surface area contributed by atoms with Gasteiger partial charge in [-0.1, -0.05) is 0 Å². The number of hydrogen-bond acceptors (Lipinski definition) is 2. The Labute approximate surface area is 69.3 Å². The fourth-order valence-corrected chi connectivity index (χ4v) is 1.78. The number of hydrogen-bond donors (Lipinski definition) is 1. The molecule has 0 aromatic rings. The van der Waals surface area contributed by atoms with Crippen LogP contribution >= 0.6 is 0 Å². The molecule has 1 N–H and O–H groups in total. The third-order valence-corrected chi connectivity index (χ3v) is 2.53. The summed E-state index contributed by atoms with van der Waals surface area (Å²) in [5.74, 6) is 0. The molecule has 0 radical (unpaired) electrons. The van der Waals surface area contributed by atoms with E-state index in [1.165, 1.54) is 32.2 Å². The molecule has 0 aliphatic carbocycles. The molecule has 66 valence electrons. The average molecular weight is 157 g/mol. The van der Waals surface area contributed by atoms with Gasteiger partial charge in [0.2, 0.25) is 0 Å². The minimum absolute atomic E-state index is 0.415. The summed E-state index contributed by atoms with van der Waals surface area (Å²) in [5, 5.41) is 3.54. The summed E-state index contributed by atoms with van der Waals surface area (Å²) in [6.45, 7) is 4.41. The molecule has 0 aromatic heterocycles. The highest BCUT2D eigenvalue weighted by Crippen LogP contribution is 2.23. The molecule has 1 rings (SSSR count). The van der Waals surface area contributed by atoms with Crippen molar-refractivity contribution < 1.29 is 4.74 Å². The summed E-state index contributed by atoms with van der Waals surface area (Å²) in [7, 11) is 1.77. The van der Waals surface area contributed by atoms with E-state index >= 15 is 0 Å². The summed E-state index contributed by atoms with van der Waals surface area (Å²) < 4.78 is 5.02. The molecule has 1 aliphatic rings. The highest BCUT2D eigenvalue weighted by atomic mass is 16.5. The van der Waals surface area contributed by atoms with Gasteiger partial charge in [0, 0.05) is 19.3 Å². The maximum Gasteiger partial charge on any atom is 0.0462 e. The topological polar surface area (TPSA) is 21.3 Å². The van der Waals surface area contributed by atoms with Crippen LogP contribution in [0.4, 0.5) is 0 Å². The summed E-state index contributed by atoms with van der Waals surface area (Å²) in [6, 6.07) is 0. The first kappa shape index (κ1) is 9.01. The van der Waals surface area contributed by atoms with Crippen LogP contribution in [0.1, 0.15) is 32.6 Å². The number of methoxy groups -OCH3 is 1. The zero-order valence-corrected chi connectivity index (χ0v) is 7.65. The van der Waals surface area contributed by atoms with Gasteiger partial charge in [0.1, 0.15) is 0 Å². The second kappa shape index (κ2) is 4.07. The fourth-order valence-electron chi connectivity index (χ4n) is 1.78. The number of ether oxygens (including phenoxy) is 1. The Hall–Kier alpha value is -0.0800. The Morgan fingerprint density at radius 1 is 1.55 bits per heavy atom. The van der Waals surface area contributed by atoms with Gasteiger partial charge >= 0.3 is 0 Å². The molecule has 0 amide bonds. The minimum Gasteiger partial charge on any atom is -0.385 e. The maximum atomic E-state index is 5.02. The van der Waals surface area contributed by atoms with Crippen molar-refractivity contribution in [2.75, 3.05) is 20.3 Å². The molecular formula is C9H19NO. The lowest BCUT2D eigenvalue weighted by Crippen LogP contribution is -2.36. The van der Waals surface area contributed by atoms with E-state index in [9.17, 15) is 0 Å². The van der Waals surface area contributed by atoms with Crippen molar-refractivity contribution in [1.82, 2.24) is 5.32 Å². The molecule has 2 nitrogen and oxygen atoms in total. The van der Waals surface area contributed by atoms with Crippen LogP contribution in [0.15, 0.2) is 0 Å². The first-order valence-corrected chi connectivity index (χ1v) is 4.51. The molecule has 1 unspecified atom stereocenters. The van der Waals surface area contributed by atoms with E-state index in [4.69, 9.17) is 4.74 Å². The Kier molecular flexibility index (Phi) is 3.34. The zero-order chi connectivity index (χ0) is 8.16. The Morgan fingerprint density at radius 2 is 2.36 bits per heavy atom. The molecule has 1 heterocycles. The maximum absolute atomic E-state index is 5.02. The van der Waals surface area contributed by atoms with Gasteiger partial charge in [-0.2, -0.15) is 0 Å². The van der Waals surface area contributed by atoms with Gasteiger partial charge in [-0.05, 0) is 39.2 Å². The highest BCUT2D eigenvalue weighted by molar-refractivity contribution is 4.87. The van der Waals surface area contributed by atoms with Crippen LogP contribution in [0, 0.1) is 0 Å². The van der Waals surface area contributed by atoms with Gasteiger partial charge in [0.15, 0.2) is 0 Å². The molecule has 1 fully saturated rings. The quantitative estimate of drug-likeness (QED) is 0.625. The molecule has 1 saturated heterocycles. The highest BCUT2D eigenvalue weighted by Gasteiger charge is 2.26. The molecule has 2 heteroatoms. The van der Waals surface area contributed by atoms with Crippen LogP contribution in [-0.2, 0) is 4.74 Å². The smallest absolute Gasteiger partial charge is 0.0462 e. The molecule has 0 aromatic carbocycles. The van der Waals surface area contributed by atoms with Gasteiger partial charge in [-0.15, -0.1) is 0 Å². The molecular weight excluding hydrogens is 138 g/mol. The van der Waals surface area contributed by atoms with E-state index in [1.807, 2.05) is 0 Å². The van der Waals surface area contributed by atoms with E-state index in [1.54, 1.807) is 7.11 Å². The van der Waals surface area contributed by atoms with E-state index in [0.717, 1.165) is 6.61 Å². The lowest BCUT2D eigenvalue weighted by Gasteiger charge is -2.23. The van der Waals surface area contributed by atoms with Crippen LogP contribution in [-0.4, -0.2) is 25.8 Å². The lowest BCUT2D eigenvalue weighted by atomic mass is 9.94. The van der Waals surface area contributed by atoms with Gasteiger partial charge in [-0.25, -0.2) is 0 Å². The average Bonchev–Trinajstić information content (AvgIpc) is 2.38. The van der Waals surface area contributed by atoms with Gasteiger partial charge < -0.3 is 10.1 Å². The third kappa shape index (κ3) is 2.80. The molecule has 0 saturated carbocycles. The Bertz CT molecular complexity index is 108. The third-order valence-electron chi connectivity index (χ3n) is 2.53. The first-order valence-electron chi connectivity index (χ1n) is 4.51. The van der Waals surface area contributed by atoms with E-state index in [0.29, 0.717) is 5.54 Å². The normalized spacial score (nSPS) is 31.1. The number of rotatable bonds is 4. The number of nitrogens with one attached hydrogen (secondary N) is 1. The Morgan fingerprint density at radius 3 is 2.91 bits per heavy atom. The van der Waals surface area contributed by atoms with Crippen LogP contribution in [0.5, 0.6) is 0 Å². The van der Waals surface area contributed by atoms with Crippen LogP contribution in [0.25, 0.3) is 0 Å². The summed E-state index contributed by atoms with van der Waals surface area (Å²) >= 11 is 0. The van der Waals surface area contributed by atoms with E-state index in [2.05, 4.69) is 12.2 Å². The van der Waals surface area contributed by atoms with E-state index in [-0.39, 0.29) is 0 Å². The Balaban J connectivity index is 2.13. The largest absolute Gasteiger partial charge is 0.385 e. The van der Waals surface area contributed by atoms with Crippen LogP contribution in [0.3, 0.4) is 0 Å². The molecule has 0 spiro atoms. The van der Waals surface area contributed by atoms with Crippen molar-refractivity contribution in [3.05, 3.63) is 0 Å². The molecule has 1 aliphatic heterocycles. The first-order chi connectivity index (χ1) is 5.27. The van der Waals surface area contributed by atoms with Gasteiger partial charge in [-0.3, -0.25) is 0 Å². The predicted molar refractivity (Wildman–Crippen MR) is 46.8 cm³/mol. The van der Waals surface area contributed by atoms with Crippen molar-refractivity contribution >= 4 is 0 Å². The van der Waals surface area contributed by atoms with Crippen LogP contribution < -0.4 is 5.32 Å². The second-order valence-corrected chi connectivity index (χ2v) is 3.69. The predicted octanol–water partition coefficient (Wildman–Crippen LogP) is 1.56.